The zero-order chi connectivity index (χ0) is 22.9. The van der Waals surface area contributed by atoms with Gasteiger partial charge >= 0.3 is 12.4 Å². The van der Waals surface area contributed by atoms with Crippen molar-refractivity contribution in [2.45, 2.75) is 38.6 Å². The summed E-state index contributed by atoms with van der Waals surface area (Å²) in [5.74, 6) is 0.186. The van der Waals surface area contributed by atoms with Gasteiger partial charge in [0.2, 0.25) is 5.75 Å². The molecule has 1 fully saturated rings. The molecule has 1 saturated carbocycles. The van der Waals surface area contributed by atoms with Crippen LogP contribution in [0, 0.1) is 5.41 Å². The van der Waals surface area contributed by atoms with Crippen molar-refractivity contribution in [1.82, 2.24) is 0 Å². The summed E-state index contributed by atoms with van der Waals surface area (Å²) in [6, 6.07) is 8.89. The van der Waals surface area contributed by atoms with E-state index in [9.17, 15) is 19.8 Å². The Morgan fingerprint density at radius 1 is 1.03 bits per heavy atom. The lowest BCUT2D eigenvalue weighted by Crippen LogP contribution is -2.44. The summed E-state index contributed by atoms with van der Waals surface area (Å²) >= 11 is 0. The fourth-order valence-electron chi connectivity index (χ4n) is 4.46. The molecule has 4 rings (SSSR count). The smallest absolute Gasteiger partial charge is 0.315 e. The van der Waals surface area contributed by atoms with Crippen molar-refractivity contribution in [3.8, 4) is 28.4 Å². The van der Waals surface area contributed by atoms with Crippen LogP contribution in [-0.2, 0) is 16.0 Å². The quantitative estimate of drug-likeness (QED) is 0.474. The molecule has 0 radical (unpaired) electrons. The van der Waals surface area contributed by atoms with E-state index in [4.69, 9.17) is 18.9 Å². The molecule has 2 aliphatic rings. The lowest BCUT2D eigenvalue weighted by molar-refractivity contribution is -0.181. The molecule has 2 N–H and O–H groups in total. The van der Waals surface area contributed by atoms with Crippen LogP contribution in [0.4, 0.5) is 0 Å². The number of benzene rings is 2. The van der Waals surface area contributed by atoms with Gasteiger partial charge in [-0.1, -0.05) is 24.6 Å². The van der Waals surface area contributed by atoms with E-state index in [0.29, 0.717) is 36.8 Å². The van der Waals surface area contributed by atoms with Crippen molar-refractivity contribution >= 4 is 11.8 Å². The largest absolute Gasteiger partial charge is 0.493 e. The van der Waals surface area contributed by atoms with E-state index in [1.54, 1.807) is 24.3 Å². The van der Waals surface area contributed by atoms with Gasteiger partial charge in [0.05, 0.1) is 14.2 Å². The van der Waals surface area contributed by atoms with Gasteiger partial charge in [-0.3, -0.25) is 9.59 Å². The predicted molar refractivity (Wildman–Crippen MR) is 114 cm³/mol. The molecule has 2 aromatic rings. The first-order valence-electron chi connectivity index (χ1n) is 10.5. The van der Waals surface area contributed by atoms with E-state index in [0.717, 1.165) is 17.5 Å². The minimum Gasteiger partial charge on any atom is -0.493 e. The summed E-state index contributed by atoms with van der Waals surface area (Å²) in [6.07, 6.45) is 3.18. The number of fused-ring (bicyclic) bond motifs is 1. The normalized spacial score (nSPS) is 16.3. The SMILES string of the molecule is COC(=O)C1(COc2c(-c3cccc4c3CCC4=O)ccc(OC)c2OC(O)O)CCC1. The third-order valence-electron chi connectivity index (χ3n) is 6.31. The highest BCUT2D eigenvalue weighted by molar-refractivity contribution is 6.02. The highest BCUT2D eigenvalue weighted by Crippen LogP contribution is 2.49. The van der Waals surface area contributed by atoms with Crippen molar-refractivity contribution < 1.29 is 38.7 Å². The molecule has 8 heteroatoms. The number of ketones is 1. The third kappa shape index (κ3) is 3.80. The van der Waals surface area contributed by atoms with Gasteiger partial charge < -0.3 is 29.2 Å². The number of Topliss-reactive ketones (excluding diaryl/α,β-unsaturated/α-hetero) is 1. The first-order valence-corrected chi connectivity index (χ1v) is 10.5. The average molecular weight is 442 g/mol. The summed E-state index contributed by atoms with van der Waals surface area (Å²) in [7, 11) is 2.77. The van der Waals surface area contributed by atoms with Gasteiger partial charge in [0.25, 0.3) is 0 Å². The highest BCUT2D eigenvalue weighted by atomic mass is 16.7. The zero-order valence-corrected chi connectivity index (χ0v) is 18.1. The zero-order valence-electron chi connectivity index (χ0n) is 18.1. The fraction of sp³-hybridized carbons (Fsp3) is 0.417. The number of esters is 1. The number of carbonyl (C=O) groups is 2. The van der Waals surface area contributed by atoms with Crippen LogP contribution >= 0.6 is 0 Å². The van der Waals surface area contributed by atoms with Crippen LogP contribution in [-0.4, -0.2) is 49.3 Å². The molecule has 0 heterocycles. The third-order valence-corrected chi connectivity index (χ3v) is 6.31. The van der Waals surface area contributed by atoms with E-state index in [1.807, 2.05) is 6.07 Å². The molecule has 0 aliphatic heterocycles. The van der Waals surface area contributed by atoms with Crippen molar-refractivity contribution in [3.63, 3.8) is 0 Å². The lowest BCUT2D eigenvalue weighted by Gasteiger charge is -2.38. The second kappa shape index (κ2) is 8.80. The first kappa shape index (κ1) is 22.1. The van der Waals surface area contributed by atoms with E-state index < -0.39 is 11.9 Å². The van der Waals surface area contributed by atoms with Crippen LogP contribution < -0.4 is 14.2 Å². The van der Waals surface area contributed by atoms with Crippen molar-refractivity contribution in [2.75, 3.05) is 20.8 Å². The topological polar surface area (TPSA) is 112 Å². The molecule has 0 saturated heterocycles. The Morgan fingerprint density at radius 2 is 1.78 bits per heavy atom. The second-order valence-corrected chi connectivity index (χ2v) is 8.09. The summed E-state index contributed by atoms with van der Waals surface area (Å²) in [6.45, 7) is -2.08. The molecule has 0 unspecified atom stereocenters. The Hall–Kier alpha value is -3.10. The molecule has 2 aromatic carbocycles. The van der Waals surface area contributed by atoms with E-state index >= 15 is 0 Å². The predicted octanol–water partition coefficient (Wildman–Crippen LogP) is 2.86. The summed E-state index contributed by atoms with van der Waals surface area (Å²) in [5, 5.41) is 19.0. The number of methoxy groups -OCH3 is 2. The Bertz CT molecular complexity index is 1040. The van der Waals surface area contributed by atoms with Crippen molar-refractivity contribution in [1.29, 1.82) is 0 Å². The molecule has 8 nitrogen and oxygen atoms in total. The Kier molecular flexibility index (Phi) is 6.08. The molecule has 2 aliphatic carbocycles. The summed E-state index contributed by atoms with van der Waals surface area (Å²) in [5.41, 5.74) is 2.18. The van der Waals surface area contributed by atoms with Crippen LogP contribution in [0.3, 0.4) is 0 Å². The van der Waals surface area contributed by atoms with Gasteiger partial charge in [-0.05, 0) is 42.5 Å². The van der Waals surface area contributed by atoms with Gasteiger partial charge in [-0.25, -0.2) is 0 Å². The second-order valence-electron chi connectivity index (χ2n) is 8.09. The van der Waals surface area contributed by atoms with Gasteiger partial charge in [0, 0.05) is 17.5 Å². The minimum absolute atomic E-state index is 0.00117. The fourth-order valence-corrected chi connectivity index (χ4v) is 4.46. The average Bonchev–Trinajstić information content (AvgIpc) is 3.14. The monoisotopic (exact) mass is 442 g/mol. The van der Waals surface area contributed by atoms with Crippen molar-refractivity contribution in [3.05, 3.63) is 41.5 Å². The van der Waals surface area contributed by atoms with E-state index in [1.165, 1.54) is 14.2 Å². The van der Waals surface area contributed by atoms with Gasteiger partial charge in [-0.15, -0.1) is 0 Å². The molecule has 0 atom stereocenters. The number of rotatable bonds is 8. The molecule has 32 heavy (non-hydrogen) atoms. The maximum absolute atomic E-state index is 12.4. The Balaban J connectivity index is 1.82. The number of hydrogen-bond acceptors (Lipinski definition) is 8. The number of aliphatic hydroxyl groups is 2. The Labute approximate surface area is 185 Å². The molecule has 170 valence electrons. The molecule has 0 amide bonds. The molecule has 0 aromatic heterocycles. The number of carbonyl (C=O) groups excluding carboxylic acids is 2. The van der Waals surface area contributed by atoms with Gasteiger partial charge in [-0.2, -0.15) is 0 Å². The minimum atomic E-state index is -2.11. The molecule has 0 bridgehead atoms. The molecule has 0 spiro atoms. The van der Waals surface area contributed by atoms with Crippen LogP contribution in [0.1, 0.15) is 41.6 Å². The summed E-state index contributed by atoms with van der Waals surface area (Å²) in [4.78, 5) is 24.7. The van der Waals surface area contributed by atoms with Crippen LogP contribution in [0.2, 0.25) is 0 Å². The maximum atomic E-state index is 12.4. The van der Waals surface area contributed by atoms with Crippen LogP contribution in [0.5, 0.6) is 17.2 Å². The lowest BCUT2D eigenvalue weighted by atomic mass is 9.69. The van der Waals surface area contributed by atoms with Gasteiger partial charge in [0.15, 0.2) is 17.3 Å². The van der Waals surface area contributed by atoms with Crippen LogP contribution in [0.15, 0.2) is 30.3 Å². The van der Waals surface area contributed by atoms with E-state index in [2.05, 4.69) is 0 Å². The highest BCUT2D eigenvalue weighted by Gasteiger charge is 2.46. The number of ether oxygens (including phenoxy) is 4. The number of aliphatic hydroxyl groups excluding tert-OH is 1. The molecular weight excluding hydrogens is 416 g/mol. The number of hydrogen-bond donors (Lipinski definition) is 2. The van der Waals surface area contributed by atoms with E-state index in [-0.39, 0.29) is 35.6 Å². The van der Waals surface area contributed by atoms with Gasteiger partial charge in [0.1, 0.15) is 12.0 Å². The first-order chi connectivity index (χ1) is 15.4. The standard InChI is InChI=1S/C24H26O8/c1-29-19-10-8-17(14-5-3-6-16-15(14)7-9-18(16)25)20(21(19)32-23(27)28)31-13-24(11-4-12-24)22(26)30-2/h3,5-6,8,10,23,27-28H,4,7,9,11-13H2,1-2H3. The van der Waals surface area contributed by atoms with Crippen molar-refractivity contribution in [2.24, 2.45) is 5.41 Å². The Morgan fingerprint density at radius 3 is 2.41 bits per heavy atom. The van der Waals surface area contributed by atoms with Crippen LogP contribution in [0.25, 0.3) is 11.1 Å². The molecular formula is C24H26O8. The maximum Gasteiger partial charge on any atom is 0.315 e. The summed E-state index contributed by atoms with van der Waals surface area (Å²) < 4.78 is 21.8.